The van der Waals surface area contributed by atoms with Crippen LogP contribution in [0, 0.1) is 56.7 Å². The molecule has 0 heterocycles. The summed E-state index contributed by atoms with van der Waals surface area (Å²) < 4.78 is 6.18. The Kier molecular flexibility index (Phi) is 7.49. The van der Waals surface area contributed by atoms with Crippen LogP contribution in [0.3, 0.4) is 0 Å². The molecule has 4 saturated carbocycles. The summed E-state index contributed by atoms with van der Waals surface area (Å²) in [5.41, 5.74) is 1.81. The minimum atomic E-state index is -0.609. The minimum absolute atomic E-state index is 0.00527. The van der Waals surface area contributed by atoms with Gasteiger partial charge in [0.2, 0.25) is 0 Å². The van der Waals surface area contributed by atoms with E-state index in [0.717, 1.165) is 63.4 Å². The van der Waals surface area contributed by atoms with Gasteiger partial charge in [0.1, 0.15) is 11.9 Å². The Labute approximate surface area is 264 Å². The fourth-order valence-corrected chi connectivity index (χ4v) is 12.0. The highest BCUT2D eigenvalue weighted by Crippen LogP contribution is 2.75. The molecule has 5 nitrogen and oxygen atoms in total. The number of ether oxygens (including phenoxy) is 1. The SMILES string of the molecule is C[C@H]1[C@H](C)CC[C@]2(C(=O)O)CC[C@]3(C)C(=CC[C@@H]4[C@@]5(C)CCC(OC(=O)/C=C/c6ccc(O)cc6)C(C)(C)[C@@H]5CC[C@]43C)[C@H]12. The summed E-state index contributed by atoms with van der Waals surface area (Å²) >= 11 is 0. The fraction of sp³-hybridized carbons (Fsp3) is 0.692. The van der Waals surface area contributed by atoms with Crippen LogP contribution in [-0.4, -0.2) is 28.3 Å². The largest absolute Gasteiger partial charge is 0.508 e. The van der Waals surface area contributed by atoms with Gasteiger partial charge < -0.3 is 14.9 Å². The molecule has 44 heavy (non-hydrogen) atoms. The van der Waals surface area contributed by atoms with E-state index in [2.05, 4.69) is 54.5 Å². The molecule has 240 valence electrons. The van der Waals surface area contributed by atoms with Crippen LogP contribution < -0.4 is 0 Å². The molecule has 1 unspecified atom stereocenters. The molecule has 10 atom stereocenters. The van der Waals surface area contributed by atoms with Crippen LogP contribution in [0.5, 0.6) is 5.75 Å². The zero-order valence-electron chi connectivity index (χ0n) is 28.0. The number of aliphatic carboxylic acids is 1. The predicted octanol–water partition coefficient (Wildman–Crippen LogP) is 9.06. The lowest BCUT2D eigenvalue weighted by Gasteiger charge is -2.71. The monoisotopic (exact) mass is 602 g/mol. The van der Waals surface area contributed by atoms with E-state index < -0.39 is 11.4 Å². The molecule has 0 saturated heterocycles. The molecule has 0 radical (unpaired) electrons. The van der Waals surface area contributed by atoms with Gasteiger partial charge in [0.15, 0.2) is 0 Å². The molecule has 0 aliphatic heterocycles. The molecule has 0 aromatic heterocycles. The van der Waals surface area contributed by atoms with Gasteiger partial charge >= 0.3 is 11.9 Å². The van der Waals surface area contributed by atoms with Gasteiger partial charge in [-0.15, -0.1) is 0 Å². The first-order valence-electron chi connectivity index (χ1n) is 17.2. The van der Waals surface area contributed by atoms with E-state index in [9.17, 15) is 19.8 Å². The van der Waals surface area contributed by atoms with Gasteiger partial charge in [-0.05, 0) is 127 Å². The third-order valence-corrected chi connectivity index (χ3v) is 14.9. The Morgan fingerprint density at radius 2 is 1.59 bits per heavy atom. The second kappa shape index (κ2) is 10.5. The number of carboxylic acids is 1. The average Bonchev–Trinajstić information content (AvgIpc) is 2.96. The van der Waals surface area contributed by atoms with E-state index >= 15 is 0 Å². The Bertz CT molecular complexity index is 1370. The summed E-state index contributed by atoms with van der Waals surface area (Å²) in [6.45, 7) is 16.9. The number of phenolic OH excluding ortho intramolecular Hbond substituents is 1. The quantitative estimate of drug-likeness (QED) is 0.204. The van der Waals surface area contributed by atoms with Gasteiger partial charge in [-0.25, -0.2) is 4.79 Å². The van der Waals surface area contributed by atoms with Crippen LogP contribution in [0.15, 0.2) is 42.0 Å². The van der Waals surface area contributed by atoms with Crippen molar-refractivity contribution in [2.24, 2.45) is 56.7 Å². The van der Waals surface area contributed by atoms with E-state index in [1.165, 1.54) is 11.6 Å². The lowest BCUT2D eigenvalue weighted by Crippen LogP contribution is -2.65. The molecule has 5 heteroatoms. The lowest BCUT2D eigenvalue weighted by atomic mass is 9.33. The van der Waals surface area contributed by atoms with Crippen LogP contribution in [0.4, 0.5) is 0 Å². The maximum Gasteiger partial charge on any atom is 0.331 e. The Morgan fingerprint density at radius 1 is 0.886 bits per heavy atom. The average molecular weight is 603 g/mol. The number of carbonyl (C=O) groups is 2. The molecular weight excluding hydrogens is 548 g/mol. The topological polar surface area (TPSA) is 83.8 Å². The maximum atomic E-state index is 13.0. The molecule has 0 bridgehead atoms. The highest BCUT2D eigenvalue weighted by molar-refractivity contribution is 5.87. The number of fused-ring (bicyclic) bond motifs is 7. The third-order valence-electron chi connectivity index (χ3n) is 14.9. The number of rotatable bonds is 4. The number of carboxylic acid groups (broad SMARTS) is 1. The van der Waals surface area contributed by atoms with Crippen molar-refractivity contribution in [3.05, 3.63) is 47.6 Å². The first-order valence-corrected chi connectivity index (χ1v) is 17.2. The molecule has 1 aromatic rings. The van der Waals surface area contributed by atoms with Gasteiger partial charge in [-0.2, -0.15) is 0 Å². The van der Waals surface area contributed by atoms with Crippen LogP contribution in [0.1, 0.15) is 112 Å². The number of phenols is 1. The normalized spacial score (nSPS) is 44.4. The smallest absolute Gasteiger partial charge is 0.331 e. The number of aromatic hydroxyl groups is 1. The van der Waals surface area contributed by atoms with Crippen molar-refractivity contribution in [1.82, 2.24) is 0 Å². The summed E-state index contributed by atoms with van der Waals surface area (Å²) in [7, 11) is 0. The highest BCUT2D eigenvalue weighted by atomic mass is 16.5. The number of hydrogen-bond donors (Lipinski definition) is 2. The van der Waals surface area contributed by atoms with E-state index in [-0.39, 0.29) is 45.4 Å². The predicted molar refractivity (Wildman–Crippen MR) is 174 cm³/mol. The summed E-state index contributed by atoms with van der Waals surface area (Å²) in [6, 6.07) is 6.79. The van der Waals surface area contributed by atoms with Gasteiger partial charge in [-0.3, -0.25) is 4.79 Å². The number of allylic oxidation sites excluding steroid dienone is 2. The zero-order chi connectivity index (χ0) is 31.9. The number of esters is 1. The molecule has 1 aromatic carbocycles. The van der Waals surface area contributed by atoms with E-state index in [4.69, 9.17) is 4.74 Å². The standard InChI is InChI=1S/C39H54O5/c1-24-16-21-39(34(42)43)23-22-37(6)28(33(39)25(24)2)13-14-30-36(5)19-18-31(35(3,4)29(36)17-20-38(30,37)7)44-32(41)15-10-26-8-11-27(40)12-9-26/h8-13,15,24-25,29-31,33,40H,14,16-23H2,1-7H3,(H,42,43)/b15-10+/t24-,25+,29+,30-,31?,33+,36+,37-,38-,39+/m1/s1. The maximum absolute atomic E-state index is 13.0. The fourth-order valence-electron chi connectivity index (χ4n) is 12.0. The van der Waals surface area contributed by atoms with Crippen molar-refractivity contribution in [3.8, 4) is 5.75 Å². The van der Waals surface area contributed by atoms with Crippen molar-refractivity contribution in [2.45, 2.75) is 112 Å². The van der Waals surface area contributed by atoms with E-state index in [0.29, 0.717) is 23.7 Å². The van der Waals surface area contributed by atoms with E-state index in [1.54, 1.807) is 30.3 Å². The first kappa shape index (κ1) is 31.4. The van der Waals surface area contributed by atoms with Crippen LogP contribution in [0.25, 0.3) is 6.08 Å². The summed E-state index contributed by atoms with van der Waals surface area (Å²) in [6.07, 6.45) is 14.4. The highest BCUT2D eigenvalue weighted by Gasteiger charge is 2.69. The molecule has 6 rings (SSSR count). The van der Waals surface area contributed by atoms with E-state index in [1.807, 2.05) is 0 Å². The summed E-state index contributed by atoms with van der Waals surface area (Å²) in [5.74, 6) is 1.34. The second-order valence-electron chi connectivity index (χ2n) is 16.8. The van der Waals surface area contributed by atoms with Crippen molar-refractivity contribution in [1.29, 1.82) is 0 Å². The van der Waals surface area contributed by atoms with Crippen molar-refractivity contribution in [3.63, 3.8) is 0 Å². The lowest BCUT2D eigenvalue weighted by molar-refractivity contribution is -0.213. The number of carbonyl (C=O) groups excluding carboxylic acids is 1. The molecule has 5 aliphatic rings. The number of hydrogen-bond acceptors (Lipinski definition) is 4. The Balaban J connectivity index is 1.27. The zero-order valence-corrected chi connectivity index (χ0v) is 28.0. The molecule has 0 amide bonds. The molecular formula is C39H54O5. The Morgan fingerprint density at radius 3 is 2.27 bits per heavy atom. The van der Waals surface area contributed by atoms with Crippen LogP contribution in [0.2, 0.25) is 0 Å². The second-order valence-corrected chi connectivity index (χ2v) is 16.8. The molecule has 4 fully saturated rings. The Hall–Kier alpha value is -2.56. The minimum Gasteiger partial charge on any atom is -0.508 e. The molecule has 2 N–H and O–H groups in total. The van der Waals surface area contributed by atoms with Gasteiger partial charge in [0.25, 0.3) is 0 Å². The van der Waals surface area contributed by atoms with Gasteiger partial charge in [0, 0.05) is 11.5 Å². The van der Waals surface area contributed by atoms with Crippen molar-refractivity contribution < 1.29 is 24.5 Å². The first-order chi connectivity index (χ1) is 20.6. The van der Waals surface area contributed by atoms with Crippen molar-refractivity contribution >= 4 is 18.0 Å². The van der Waals surface area contributed by atoms with Gasteiger partial charge in [-0.1, -0.05) is 72.2 Å². The third kappa shape index (κ3) is 4.37. The van der Waals surface area contributed by atoms with Crippen LogP contribution in [-0.2, 0) is 14.3 Å². The summed E-state index contributed by atoms with van der Waals surface area (Å²) in [5, 5.41) is 20.2. The summed E-state index contributed by atoms with van der Waals surface area (Å²) in [4.78, 5) is 26.0. The van der Waals surface area contributed by atoms with Gasteiger partial charge in [0.05, 0.1) is 5.41 Å². The molecule has 5 aliphatic carbocycles. The van der Waals surface area contributed by atoms with Crippen molar-refractivity contribution in [2.75, 3.05) is 0 Å². The van der Waals surface area contributed by atoms with Crippen LogP contribution >= 0.6 is 0 Å². The number of benzene rings is 1. The molecule has 0 spiro atoms.